The minimum absolute atomic E-state index is 0.256. The summed E-state index contributed by atoms with van der Waals surface area (Å²) >= 11 is 4.40. The fourth-order valence-corrected chi connectivity index (χ4v) is 3.96. The van der Waals surface area contributed by atoms with Crippen molar-refractivity contribution in [3.63, 3.8) is 0 Å². The Balaban J connectivity index is 1.63. The first-order valence-electron chi connectivity index (χ1n) is 10.5. The van der Waals surface area contributed by atoms with Crippen LogP contribution < -0.4 is 0 Å². The molecule has 1 aliphatic rings. The Labute approximate surface area is 182 Å². The van der Waals surface area contributed by atoms with Gasteiger partial charge in [-0.05, 0) is 86.0 Å². The Morgan fingerprint density at radius 1 is 1.00 bits per heavy atom. The van der Waals surface area contributed by atoms with Gasteiger partial charge in [-0.15, -0.1) is 0 Å². The third kappa shape index (κ3) is 5.95. The summed E-state index contributed by atoms with van der Waals surface area (Å²) < 4.78 is 27.8. The van der Waals surface area contributed by atoms with Crippen molar-refractivity contribution in [3.8, 4) is 11.8 Å². The first kappa shape index (κ1) is 22.1. The Morgan fingerprint density at radius 2 is 1.63 bits per heavy atom. The molecule has 1 aliphatic carbocycles. The third-order valence-electron chi connectivity index (χ3n) is 5.54. The van der Waals surface area contributed by atoms with Crippen LogP contribution in [0.3, 0.4) is 0 Å². The van der Waals surface area contributed by atoms with E-state index in [1.165, 1.54) is 44.1 Å². The molecule has 0 heterocycles. The van der Waals surface area contributed by atoms with Crippen LogP contribution in [0.2, 0.25) is 0 Å². The van der Waals surface area contributed by atoms with Crippen LogP contribution in [0.15, 0.2) is 53.5 Å². The zero-order valence-electron chi connectivity index (χ0n) is 17.1. The molecule has 0 N–H and O–H groups in total. The molecular weight excluding hydrogens is 396 g/mol. The Morgan fingerprint density at radius 3 is 2.23 bits per heavy atom. The quantitative estimate of drug-likeness (QED) is 0.208. The van der Waals surface area contributed by atoms with Crippen LogP contribution in [-0.2, 0) is 0 Å². The van der Waals surface area contributed by atoms with Gasteiger partial charge in [-0.2, -0.15) is 4.99 Å². The van der Waals surface area contributed by atoms with Crippen LogP contribution in [0, 0.1) is 29.4 Å². The molecule has 0 spiro atoms. The molecule has 1 nitrogen and oxygen atoms in total. The van der Waals surface area contributed by atoms with Crippen molar-refractivity contribution in [1.82, 2.24) is 0 Å². The SMILES string of the molecule is CCC/C=C/C1CCC(c2ccc(C#Cc3cc(F)c(N=C=S)c(F)c3)cc2)CC1. The monoisotopic (exact) mass is 421 g/mol. The molecule has 0 amide bonds. The molecule has 3 rings (SSSR count). The predicted octanol–water partition coefficient (Wildman–Crippen LogP) is 7.73. The van der Waals surface area contributed by atoms with Gasteiger partial charge < -0.3 is 0 Å². The second-order valence-corrected chi connectivity index (χ2v) is 7.87. The largest absolute Gasteiger partial charge is 0.204 e. The van der Waals surface area contributed by atoms with Crippen LogP contribution in [0.4, 0.5) is 14.5 Å². The smallest absolute Gasteiger partial charge is 0.153 e. The lowest BCUT2D eigenvalue weighted by molar-refractivity contribution is 0.375. The topological polar surface area (TPSA) is 12.4 Å². The maximum atomic E-state index is 13.9. The summed E-state index contributed by atoms with van der Waals surface area (Å²) in [5, 5.41) is 1.98. The first-order valence-corrected chi connectivity index (χ1v) is 10.9. The van der Waals surface area contributed by atoms with Gasteiger partial charge in [0.15, 0.2) is 11.6 Å². The Bertz CT molecular complexity index is 977. The maximum absolute atomic E-state index is 13.9. The van der Waals surface area contributed by atoms with Gasteiger partial charge in [-0.25, -0.2) is 8.78 Å². The molecule has 154 valence electrons. The normalized spacial score (nSPS) is 18.5. The van der Waals surface area contributed by atoms with Gasteiger partial charge in [0.05, 0.1) is 5.16 Å². The van der Waals surface area contributed by atoms with Crippen LogP contribution in [-0.4, -0.2) is 5.16 Å². The number of aliphatic imine (C=N–C) groups is 1. The van der Waals surface area contributed by atoms with Crippen molar-refractivity contribution < 1.29 is 8.78 Å². The fraction of sp³-hybridized carbons (Fsp3) is 0.346. The second-order valence-electron chi connectivity index (χ2n) is 7.69. The molecule has 1 saturated carbocycles. The summed E-state index contributed by atoms with van der Waals surface area (Å²) in [6.45, 7) is 2.21. The summed E-state index contributed by atoms with van der Waals surface area (Å²) in [6, 6.07) is 10.5. The number of rotatable bonds is 5. The van der Waals surface area contributed by atoms with Crippen molar-refractivity contribution in [3.05, 3.63) is 76.9 Å². The Kier molecular flexibility index (Phi) is 8.08. The van der Waals surface area contributed by atoms with Crippen LogP contribution >= 0.6 is 12.2 Å². The first-order chi connectivity index (χ1) is 14.6. The molecule has 0 bridgehead atoms. The van der Waals surface area contributed by atoms with Crippen molar-refractivity contribution in [2.45, 2.75) is 51.4 Å². The van der Waals surface area contributed by atoms with E-state index in [4.69, 9.17) is 0 Å². The minimum Gasteiger partial charge on any atom is -0.204 e. The van der Waals surface area contributed by atoms with Crippen LogP contribution in [0.5, 0.6) is 0 Å². The maximum Gasteiger partial charge on any atom is 0.153 e. The van der Waals surface area contributed by atoms with E-state index in [9.17, 15) is 8.78 Å². The highest BCUT2D eigenvalue weighted by atomic mass is 32.1. The van der Waals surface area contributed by atoms with Gasteiger partial charge in [0.2, 0.25) is 0 Å². The van der Waals surface area contributed by atoms with E-state index in [-0.39, 0.29) is 5.56 Å². The number of unbranched alkanes of at least 4 members (excludes halogenated alkanes) is 1. The fourth-order valence-electron chi connectivity index (χ4n) is 3.87. The zero-order chi connectivity index (χ0) is 21.3. The number of hydrogen-bond donors (Lipinski definition) is 0. The van der Waals surface area contributed by atoms with Crippen molar-refractivity contribution in [2.75, 3.05) is 0 Å². The van der Waals surface area contributed by atoms with E-state index in [1.54, 1.807) is 0 Å². The second kappa shape index (κ2) is 11.0. The lowest BCUT2D eigenvalue weighted by Crippen LogP contribution is -2.11. The highest BCUT2D eigenvalue weighted by Gasteiger charge is 2.20. The van der Waals surface area contributed by atoms with Crippen LogP contribution in [0.25, 0.3) is 0 Å². The van der Waals surface area contributed by atoms with E-state index in [0.29, 0.717) is 5.92 Å². The van der Waals surface area contributed by atoms with E-state index in [2.05, 4.69) is 60.3 Å². The molecule has 0 aliphatic heterocycles. The van der Waals surface area contributed by atoms with Gasteiger partial charge in [0, 0.05) is 11.1 Å². The summed E-state index contributed by atoms with van der Waals surface area (Å²) in [4.78, 5) is 3.41. The molecular formula is C26H25F2NS. The third-order valence-corrected chi connectivity index (χ3v) is 5.63. The predicted molar refractivity (Wildman–Crippen MR) is 122 cm³/mol. The summed E-state index contributed by atoms with van der Waals surface area (Å²) in [7, 11) is 0. The van der Waals surface area contributed by atoms with Gasteiger partial charge in [0.25, 0.3) is 0 Å². The summed E-state index contributed by atoms with van der Waals surface area (Å²) in [6.07, 6.45) is 12.0. The highest BCUT2D eigenvalue weighted by Crippen LogP contribution is 2.36. The molecule has 1 fully saturated rings. The van der Waals surface area contributed by atoms with E-state index >= 15 is 0 Å². The molecule has 4 heteroatoms. The number of hydrogen-bond acceptors (Lipinski definition) is 2. The number of thiocarbonyl (C=S) groups is 1. The molecule has 30 heavy (non-hydrogen) atoms. The van der Waals surface area contributed by atoms with Crippen molar-refractivity contribution in [1.29, 1.82) is 0 Å². The van der Waals surface area contributed by atoms with E-state index < -0.39 is 17.3 Å². The van der Waals surface area contributed by atoms with Crippen LogP contribution in [0.1, 0.15) is 68.1 Å². The summed E-state index contributed by atoms with van der Waals surface area (Å²) in [5.41, 5.74) is 1.98. The molecule has 0 radical (unpaired) electrons. The van der Waals surface area contributed by atoms with Gasteiger partial charge in [-0.3, -0.25) is 0 Å². The standard InChI is InChI=1S/C26H25F2NS/c1-2-3-4-5-19-8-12-22(13-9-19)23-14-10-20(11-15-23)6-7-21-16-24(27)26(29-18-30)25(28)17-21/h4-5,10-11,14-17,19,22H,2-3,8-9,12-13H2,1H3/b5-4+. The number of benzene rings is 2. The van der Waals surface area contributed by atoms with Gasteiger partial charge in [-0.1, -0.05) is 49.5 Å². The molecule has 0 atom stereocenters. The van der Waals surface area contributed by atoms with E-state index in [1.807, 2.05) is 17.3 Å². The molecule has 2 aromatic rings. The number of allylic oxidation sites excluding steroid dienone is 2. The van der Waals surface area contributed by atoms with Crippen molar-refractivity contribution >= 4 is 23.1 Å². The number of halogens is 2. The molecule has 2 aromatic carbocycles. The summed E-state index contributed by atoms with van der Waals surface area (Å²) in [5.74, 6) is 5.51. The lowest BCUT2D eigenvalue weighted by Gasteiger charge is -2.27. The van der Waals surface area contributed by atoms with Gasteiger partial charge in [0.1, 0.15) is 5.69 Å². The average molecular weight is 422 g/mol. The van der Waals surface area contributed by atoms with E-state index in [0.717, 1.165) is 23.6 Å². The Hall–Kier alpha value is -2.60. The number of nitrogens with zero attached hydrogens (tertiary/aromatic N) is 1. The number of isothiocyanates is 1. The zero-order valence-corrected chi connectivity index (χ0v) is 17.9. The molecule has 0 unspecified atom stereocenters. The molecule has 0 aromatic heterocycles. The van der Waals surface area contributed by atoms with Crippen molar-refractivity contribution in [2.24, 2.45) is 10.9 Å². The van der Waals surface area contributed by atoms with Gasteiger partial charge >= 0.3 is 0 Å². The molecule has 0 saturated heterocycles. The highest BCUT2D eigenvalue weighted by molar-refractivity contribution is 7.78. The lowest BCUT2D eigenvalue weighted by atomic mass is 9.78. The minimum atomic E-state index is -0.799. The average Bonchev–Trinajstić information content (AvgIpc) is 2.76.